The van der Waals surface area contributed by atoms with Gasteiger partial charge in [-0.2, -0.15) is 0 Å². The molecule has 2 aliphatic rings. The molecular weight excluding hydrogens is 621 g/mol. The van der Waals surface area contributed by atoms with Gasteiger partial charge >= 0.3 is 18.2 Å². The highest BCUT2D eigenvalue weighted by molar-refractivity contribution is 5.49. The molecule has 47 heavy (non-hydrogen) atoms. The summed E-state index contributed by atoms with van der Waals surface area (Å²) in [5, 5.41) is 11.0. The second-order valence-electron chi connectivity index (χ2n) is 11.4. The lowest BCUT2D eigenvalue weighted by Crippen LogP contribution is -2.35. The van der Waals surface area contributed by atoms with Crippen LogP contribution in [0.15, 0.2) is 79.0 Å². The van der Waals surface area contributed by atoms with E-state index in [-0.39, 0.29) is 30.3 Å². The lowest BCUT2D eigenvalue weighted by atomic mass is 9.97. The monoisotopic (exact) mass is 654 g/mol. The van der Waals surface area contributed by atoms with E-state index in [1.54, 1.807) is 16.7 Å². The highest BCUT2D eigenvalue weighted by Crippen LogP contribution is 2.29. The lowest BCUT2D eigenvalue weighted by Gasteiger charge is -2.33. The molecule has 4 aromatic rings. The number of ether oxygens (including phenoxy) is 5. The maximum absolute atomic E-state index is 12.3. The number of alkyl halides is 3. The molecule has 6 rings (SSSR count). The summed E-state index contributed by atoms with van der Waals surface area (Å²) in [5.41, 5.74) is 1.84. The summed E-state index contributed by atoms with van der Waals surface area (Å²) >= 11 is 0. The molecule has 1 fully saturated rings. The van der Waals surface area contributed by atoms with Crippen molar-refractivity contribution >= 4 is 11.5 Å². The number of halogens is 3. The van der Waals surface area contributed by atoms with E-state index < -0.39 is 11.3 Å². The van der Waals surface area contributed by atoms with Crippen LogP contribution < -0.4 is 28.6 Å². The number of nitrogens with zero attached hydrogens (tertiary/aromatic N) is 4. The highest BCUT2D eigenvalue weighted by Gasteiger charge is 2.31. The molecule has 1 unspecified atom stereocenters. The van der Waals surface area contributed by atoms with Gasteiger partial charge in [-0.3, -0.25) is 4.57 Å². The number of piperidine rings is 1. The number of imidazole rings is 1. The number of fused-ring (bicyclic) bond motifs is 1. The van der Waals surface area contributed by atoms with Gasteiger partial charge in [-0.25, -0.2) is 0 Å². The van der Waals surface area contributed by atoms with Crippen LogP contribution in [0, 0.1) is 16.0 Å². The summed E-state index contributed by atoms with van der Waals surface area (Å²) in [4.78, 5) is 16.7. The number of anilines is 1. The first-order valence-corrected chi connectivity index (χ1v) is 15.2. The molecule has 1 saturated heterocycles. The molecule has 3 heterocycles. The Kier molecular flexibility index (Phi) is 9.55. The third-order valence-electron chi connectivity index (χ3n) is 8.00. The van der Waals surface area contributed by atoms with Crippen LogP contribution >= 0.6 is 0 Å². The Bertz CT molecular complexity index is 1620. The predicted molar refractivity (Wildman–Crippen MR) is 164 cm³/mol. The van der Waals surface area contributed by atoms with E-state index in [9.17, 15) is 23.3 Å². The Labute approximate surface area is 268 Å². The smallest absolute Gasteiger partial charge is 0.493 e. The molecule has 248 valence electrons. The second-order valence-corrected chi connectivity index (χ2v) is 11.4. The van der Waals surface area contributed by atoms with Crippen molar-refractivity contribution in [2.24, 2.45) is 5.92 Å². The van der Waals surface area contributed by atoms with E-state index in [0.717, 1.165) is 43.1 Å². The quantitative estimate of drug-likeness (QED) is 0.120. The fraction of sp³-hybridized carbons (Fsp3) is 0.364. The van der Waals surface area contributed by atoms with Crippen LogP contribution in [-0.2, 0) is 13.2 Å². The summed E-state index contributed by atoms with van der Waals surface area (Å²) in [6, 6.07) is 21.1. The van der Waals surface area contributed by atoms with E-state index >= 15 is 0 Å². The van der Waals surface area contributed by atoms with Crippen molar-refractivity contribution < 1.29 is 41.8 Å². The Morgan fingerprint density at radius 1 is 0.809 bits per heavy atom. The van der Waals surface area contributed by atoms with Crippen molar-refractivity contribution in [2.75, 3.05) is 31.2 Å². The van der Waals surface area contributed by atoms with Crippen LogP contribution in [-0.4, -0.2) is 53.2 Å². The zero-order chi connectivity index (χ0) is 32.8. The molecule has 0 radical (unpaired) electrons. The molecule has 0 bridgehead atoms. The molecule has 0 N–H and O–H groups in total. The van der Waals surface area contributed by atoms with E-state index in [1.165, 1.54) is 30.5 Å². The topological polar surface area (TPSA) is 110 Å². The number of rotatable bonds is 12. The number of aromatic nitrogens is 2. The van der Waals surface area contributed by atoms with Crippen molar-refractivity contribution in [3.8, 4) is 29.0 Å². The lowest BCUT2D eigenvalue weighted by molar-refractivity contribution is -0.389. The van der Waals surface area contributed by atoms with Crippen molar-refractivity contribution in [1.29, 1.82) is 0 Å². The molecule has 2 aliphatic heterocycles. The maximum Gasteiger partial charge on any atom is 0.573 e. The SMILES string of the molecule is O=[N+]([O-])c1cn2c(n1)OC(COc1ccc(N3CCC(COc4ccc(OCc5ccc(OC(F)(F)F)cc5)cc4)CC3)cc1)CC2. The van der Waals surface area contributed by atoms with Gasteiger partial charge in [0.05, 0.1) is 6.61 Å². The van der Waals surface area contributed by atoms with Gasteiger partial charge in [-0.1, -0.05) is 12.1 Å². The third kappa shape index (κ3) is 8.77. The summed E-state index contributed by atoms with van der Waals surface area (Å²) in [6.45, 7) is 3.56. The second kappa shape index (κ2) is 14.1. The van der Waals surface area contributed by atoms with Crippen molar-refractivity contribution in [3.05, 3.63) is 94.7 Å². The molecule has 0 amide bonds. The Balaban J connectivity index is 0.883. The molecule has 3 aromatic carbocycles. The minimum absolute atomic E-state index is 0.208. The first-order valence-electron chi connectivity index (χ1n) is 15.2. The number of hydrogen-bond acceptors (Lipinski definition) is 9. The van der Waals surface area contributed by atoms with Gasteiger partial charge in [0.2, 0.25) is 0 Å². The van der Waals surface area contributed by atoms with Gasteiger partial charge in [0, 0.05) is 36.7 Å². The third-order valence-corrected chi connectivity index (χ3v) is 8.00. The van der Waals surface area contributed by atoms with E-state index in [4.69, 9.17) is 18.9 Å². The fourth-order valence-electron chi connectivity index (χ4n) is 5.44. The number of benzene rings is 3. The van der Waals surface area contributed by atoms with Crippen molar-refractivity contribution in [2.45, 2.75) is 44.9 Å². The van der Waals surface area contributed by atoms with Crippen molar-refractivity contribution in [3.63, 3.8) is 0 Å². The van der Waals surface area contributed by atoms with Gasteiger partial charge in [0.15, 0.2) is 0 Å². The Morgan fingerprint density at radius 3 is 2.04 bits per heavy atom. The molecule has 0 saturated carbocycles. The molecule has 0 aliphatic carbocycles. The number of nitro groups is 1. The standard InChI is InChI=1S/C33H33F3N4O7/c34-33(35,36)47-29-5-1-23(2-6-29)20-43-27-9-11-28(12-10-27)44-21-24-13-16-38(17-14-24)25-3-7-26(8-4-25)45-22-30-15-18-39-19-31(40(41)42)37-32(39)46-30/h1-12,19,24,30H,13-18,20-22H2. The van der Waals surface area contributed by atoms with E-state index in [2.05, 4.69) is 14.6 Å². The Hall–Kier alpha value is -5.14. The van der Waals surface area contributed by atoms with Crippen LogP contribution in [0.3, 0.4) is 0 Å². The molecular formula is C33H33F3N4O7. The van der Waals surface area contributed by atoms with Crippen LogP contribution in [0.25, 0.3) is 0 Å². The largest absolute Gasteiger partial charge is 0.573 e. The van der Waals surface area contributed by atoms with Crippen LogP contribution in [0.4, 0.5) is 24.7 Å². The van der Waals surface area contributed by atoms with Crippen LogP contribution in [0.5, 0.6) is 29.0 Å². The molecule has 1 aromatic heterocycles. The summed E-state index contributed by atoms with van der Waals surface area (Å²) in [5.74, 6) is 2.04. The van der Waals surface area contributed by atoms with Gasteiger partial charge in [-0.05, 0) is 89.9 Å². The first kappa shape index (κ1) is 31.8. The normalized spacial score (nSPS) is 16.6. The molecule has 14 heteroatoms. The number of hydrogen-bond donors (Lipinski definition) is 0. The summed E-state index contributed by atoms with van der Waals surface area (Å²) in [6.07, 6.45) is -0.899. The van der Waals surface area contributed by atoms with Crippen molar-refractivity contribution in [1.82, 2.24) is 9.55 Å². The van der Waals surface area contributed by atoms with Gasteiger partial charge in [-0.15, -0.1) is 13.2 Å². The minimum atomic E-state index is -4.72. The predicted octanol–water partition coefficient (Wildman–Crippen LogP) is 6.79. The molecule has 11 nitrogen and oxygen atoms in total. The minimum Gasteiger partial charge on any atom is -0.493 e. The highest BCUT2D eigenvalue weighted by atomic mass is 19.4. The maximum atomic E-state index is 12.3. The van der Waals surface area contributed by atoms with Gasteiger partial charge in [0.25, 0.3) is 0 Å². The summed E-state index contributed by atoms with van der Waals surface area (Å²) in [7, 11) is 0. The molecule has 0 spiro atoms. The zero-order valence-electron chi connectivity index (χ0n) is 25.3. The zero-order valence-corrected chi connectivity index (χ0v) is 25.3. The van der Waals surface area contributed by atoms with E-state index in [1.807, 2.05) is 36.4 Å². The van der Waals surface area contributed by atoms with Crippen LogP contribution in [0.1, 0.15) is 24.8 Å². The molecule has 1 atom stereocenters. The van der Waals surface area contributed by atoms with Gasteiger partial charge < -0.3 is 38.7 Å². The summed E-state index contributed by atoms with van der Waals surface area (Å²) < 4.78 is 66.0. The Morgan fingerprint density at radius 2 is 1.40 bits per heavy atom. The number of aryl methyl sites for hydroxylation is 1. The first-order chi connectivity index (χ1) is 22.7. The fourth-order valence-corrected chi connectivity index (χ4v) is 5.44. The van der Waals surface area contributed by atoms with Gasteiger partial charge in [0.1, 0.15) is 48.5 Å². The van der Waals surface area contributed by atoms with E-state index in [0.29, 0.717) is 43.4 Å². The average molecular weight is 655 g/mol. The van der Waals surface area contributed by atoms with Crippen LogP contribution in [0.2, 0.25) is 0 Å². The average Bonchev–Trinajstić information content (AvgIpc) is 3.51.